The molecular weight excluding hydrogens is 178 g/mol. The van der Waals surface area contributed by atoms with E-state index < -0.39 is 5.97 Å². The van der Waals surface area contributed by atoms with Crippen LogP contribution in [0.4, 0.5) is 0 Å². The van der Waals surface area contributed by atoms with Crippen LogP contribution in [0.3, 0.4) is 0 Å². The molecule has 0 aliphatic rings. The zero-order chi connectivity index (χ0) is 11.3. The van der Waals surface area contributed by atoms with Crippen molar-refractivity contribution in [1.82, 2.24) is 4.90 Å². The number of rotatable bonds is 6. The summed E-state index contributed by atoms with van der Waals surface area (Å²) in [5, 5.41) is 9.06. The van der Waals surface area contributed by atoms with E-state index in [0.717, 1.165) is 13.0 Å². The molecule has 0 radical (unpaired) electrons. The normalized spacial score (nSPS) is 14.0. The van der Waals surface area contributed by atoms with E-state index in [1.54, 1.807) is 0 Å². The summed E-state index contributed by atoms with van der Waals surface area (Å²) in [4.78, 5) is 13.0. The lowest BCUT2D eigenvalue weighted by Crippen LogP contribution is -2.41. The fourth-order valence-corrected chi connectivity index (χ4v) is 1.62. The average Bonchev–Trinajstić information content (AvgIpc) is 1.97. The molecule has 0 aromatic rings. The number of carboxylic acids is 1. The third-order valence-electron chi connectivity index (χ3n) is 2.16. The second-order valence-electron chi connectivity index (χ2n) is 4.82. The number of aliphatic carboxylic acids is 1. The highest BCUT2D eigenvalue weighted by Crippen LogP contribution is 2.12. The van der Waals surface area contributed by atoms with Crippen LogP contribution in [0.1, 0.15) is 34.1 Å². The summed E-state index contributed by atoms with van der Waals surface area (Å²) >= 11 is 0. The molecule has 0 aromatic heterocycles. The van der Waals surface area contributed by atoms with E-state index in [4.69, 9.17) is 5.11 Å². The summed E-state index contributed by atoms with van der Waals surface area (Å²) in [6.07, 6.45) is 0.721. The summed E-state index contributed by atoms with van der Waals surface area (Å²) < 4.78 is 0. The number of carboxylic acid groups (broad SMARTS) is 1. The zero-order valence-electron chi connectivity index (χ0n) is 9.95. The Kier molecular flexibility index (Phi) is 5.77. The fraction of sp³-hybridized carbons (Fsp3) is 0.909. The van der Waals surface area contributed by atoms with Crippen molar-refractivity contribution in [3.05, 3.63) is 0 Å². The molecule has 3 nitrogen and oxygen atoms in total. The SMILES string of the molecule is CC(C)C[C@@H](C(=O)O)N(C)CC(C)C. The summed E-state index contributed by atoms with van der Waals surface area (Å²) in [6.45, 7) is 9.15. The summed E-state index contributed by atoms with van der Waals surface area (Å²) in [5.74, 6) is 0.224. The Balaban J connectivity index is 4.26. The standard InChI is InChI=1S/C11H23NO2/c1-8(2)6-10(11(13)14)12(5)7-9(3)4/h8-10H,6-7H2,1-5H3,(H,13,14)/t10-/m0/s1. The Bertz CT molecular complexity index is 178. The lowest BCUT2D eigenvalue weighted by atomic mass is 10.0. The molecule has 0 rings (SSSR count). The number of carbonyl (C=O) groups is 1. The second kappa shape index (κ2) is 6.02. The zero-order valence-corrected chi connectivity index (χ0v) is 9.95. The van der Waals surface area contributed by atoms with Gasteiger partial charge in [0.1, 0.15) is 6.04 Å². The molecule has 84 valence electrons. The maximum absolute atomic E-state index is 11.0. The largest absolute Gasteiger partial charge is 0.480 e. The molecule has 0 unspecified atom stereocenters. The molecule has 0 heterocycles. The molecule has 0 saturated heterocycles. The van der Waals surface area contributed by atoms with E-state index in [-0.39, 0.29) is 6.04 Å². The number of nitrogens with zero attached hydrogens (tertiary/aromatic N) is 1. The smallest absolute Gasteiger partial charge is 0.320 e. The maximum atomic E-state index is 11.0. The molecule has 0 saturated carbocycles. The molecule has 0 aromatic carbocycles. The monoisotopic (exact) mass is 201 g/mol. The number of likely N-dealkylation sites (N-methyl/N-ethyl adjacent to an activating group) is 1. The molecule has 0 aliphatic carbocycles. The van der Waals surface area contributed by atoms with Crippen LogP contribution in [-0.4, -0.2) is 35.6 Å². The van der Waals surface area contributed by atoms with E-state index in [1.165, 1.54) is 0 Å². The van der Waals surface area contributed by atoms with Crippen LogP contribution in [0, 0.1) is 11.8 Å². The molecular formula is C11H23NO2. The topological polar surface area (TPSA) is 40.5 Å². The molecule has 1 atom stereocenters. The van der Waals surface area contributed by atoms with Gasteiger partial charge in [-0.05, 0) is 25.3 Å². The van der Waals surface area contributed by atoms with Gasteiger partial charge in [0.2, 0.25) is 0 Å². The first kappa shape index (κ1) is 13.4. The van der Waals surface area contributed by atoms with Crippen molar-refractivity contribution in [2.45, 2.75) is 40.2 Å². The van der Waals surface area contributed by atoms with Crippen LogP contribution in [0.25, 0.3) is 0 Å². The second-order valence-corrected chi connectivity index (χ2v) is 4.82. The van der Waals surface area contributed by atoms with Gasteiger partial charge in [-0.2, -0.15) is 0 Å². The van der Waals surface area contributed by atoms with Crippen molar-refractivity contribution in [1.29, 1.82) is 0 Å². The highest BCUT2D eigenvalue weighted by atomic mass is 16.4. The minimum atomic E-state index is -0.707. The lowest BCUT2D eigenvalue weighted by Gasteiger charge is -2.27. The Hall–Kier alpha value is -0.570. The van der Waals surface area contributed by atoms with Crippen LogP contribution in [0.5, 0.6) is 0 Å². The Morgan fingerprint density at radius 3 is 2.00 bits per heavy atom. The van der Waals surface area contributed by atoms with E-state index in [0.29, 0.717) is 11.8 Å². The predicted octanol–water partition coefficient (Wildman–Crippen LogP) is 2.07. The fourth-order valence-electron chi connectivity index (χ4n) is 1.62. The van der Waals surface area contributed by atoms with Crippen molar-refractivity contribution >= 4 is 5.97 Å². The molecule has 1 N–H and O–H groups in total. The van der Waals surface area contributed by atoms with Crippen LogP contribution >= 0.6 is 0 Å². The lowest BCUT2D eigenvalue weighted by molar-refractivity contribution is -0.143. The first-order valence-electron chi connectivity index (χ1n) is 5.27. The Labute approximate surface area is 87.1 Å². The molecule has 0 amide bonds. The van der Waals surface area contributed by atoms with Gasteiger partial charge in [0.05, 0.1) is 0 Å². The average molecular weight is 201 g/mol. The predicted molar refractivity (Wildman–Crippen MR) is 58.3 cm³/mol. The first-order valence-corrected chi connectivity index (χ1v) is 5.27. The molecule has 0 aliphatic heterocycles. The van der Waals surface area contributed by atoms with Gasteiger partial charge in [0, 0.05) is 6.54 Å². The van der Waals surface area contributed by atoms with Crippen LogP contribution < -0.4 is 0 Å². The van der Waals surface area contributed by atoms with Gasteiger partial charge in [-0.15, -0.1) is 0 Å². The molecule has 0 bridgehead atoms. The highest BCUT2D eigenvalue weighted by Gasteiger charge is 2.23. The molecule has 3 heteroatoms. The third-order valence-corrected chi connectivity index (χ3v) is 2.16. The quantitative estimate of drug-likeness (QED) is 0.715. The highest BCUT2D eigenvalue weighted by molar-refractivity contribution is 5.73. The minimum absolute atomic E-state index is 0.336. The van der Waals surface area contributed by atoms with E-state index in [1.807, 2.05) is 11.9 Å². The van der Waals surface area contributed by atoms with Gasteiger partial charge < -0.3 is 5.11 Å². The van der Waals surface area contributed by atoms with Gasteiger partial charge in [0.15, 0.2) is 0 Å². The molecule has 0 fully saturated rings. The van der Waals surface area contributed by atoms with Gasteiger partial charge in [0.25, 0.3) is 0 Å². The molecule has 0 spiro atoms. The van der Waals surface area contributed by atoms with Crippen LogP contribution in [-0.2, 0) is 4.79 Å². The number of hydrogen-bond donors (Lipinski definition) is 1. The third kappa shape index (κ3) is 5.22. The van der Waals surface area contributed by atoms with E-state index in [2.05, 4.69) is 27.7 Å². The van der Waals surface area contributed by atoms with Gasteiger partial charge in [-0.3, -0.25) is 9.69 Å². The van der Waals surface area contributed by atoms with Crippen molar-refractivity contribution in [3.63, 3.8) is 0 Å². The van der Waals surface area contributed by atoms with Crippen molar-refractivity contribution in [2.24, 2.45) is 11.8 Å². The van der Waals surface area contributed by atoms with Gasteiger partial charge >= 0.3 is 5.97 Å². The summed E-state index contributed by atoms with van der Waals surface area (Å²) in [7, 11) is 1.89. The minimum Gasteiger partial charge on any atom is -0.480 e. The molecule has 14 heavy (non-hydrogen) atoms. The maximum Gasteiger partial charge on any atom is 0.320 e. The summed E-state index contributed by atoms with van der Waals surface area (Å²) in [5.41, 5.74) is 0. The summed E-state index contributed by atoms with van der Waals surface area (Å²) in [6, 6.07) is -0.336. The first-order chi connectivity index (χ1) is 6.34. The van der Waals surface area contributed by atoms with Gasteiger partial charge in [-0.25, -0.2) is 0 Å². The van der Waals surface area contributed by atoms with Crippen LogP contribution in [0.2, 0.25) is 0 Å². The van der Waals surface area contributed by atoms with Crippen LogP contribution in [0.15, 0.2) is 0 Å². The van der Waals surface area contributed by atoms with Gasteiger partial charge in [-0.1, -0.05) is 27.7 Å². The number of hydrogen-bond acceptors (Lipinski definition) is 2. The van der Waals surface area contributed by atoms with E-state index >= 15 is 0 Å². The Morgan fingerprint density at radius 2 is 1.71 bits per heavy atom. The van der Waals surface area contributed by atoms with E-state index in [9.17, 15) is 4.79 Å². The van der Waals surface area contributed by atoms with Crippen molar-refractivity contribution in [2.75, 3.05) is 13.6 Å². The van der Waals surface area contributed by atoms with Crippen molar-refractivity contribution in [3.8, 4) is 0 Å². The Morgan fingerprint density at radius 1 is 1.21 bits per heavy atom. The van der Waals surface area contributed by atoms with Crippen molar-refractivity contribution < 1.29 is 9.90 Å².